The molecule has 0 bridgehead atoms. The molecule has 384 valence electrons. The van der Waals surface area contributed by atoms with Crippen LogP contribution < -0.4 is 0 Å². The van der Waals surface area contributed by atoms with Crippen LogP contribution >= 0.6 is 7.82 Å². The minimum absolute atomic E-state index is 0.0872. The summed E-state index contributed by atoms with van der Waals surface area (Å²) < 4.78 is 27.2. The lowest BCUT2D eigenvalue weighted by molar-refractivity contribution is -0.154. The lowest BCUT2D eigenvalue weighted by atomic mass is 10.0. The Labute approximate surface area is 399 Å². The van der Waals surface area contributed by atoms with Crippen molar-refractivity contribution in [1.82, 2.24) is 0 Å². The number of hydrogen-bond acceptors (Lipinski definition) is 5. The minimum atomic E-state index is -4.65. The smallest absolute Gasteiger partial charge is 0.457 e. The predicted molar refractivity (Wildman–Crippen MR) is 276 cm³/mol. The highest BCUT2D eigenvalue weighted by Crippen LogP contribution is 2.36. The van der Waals surface area contributed by atoms with Gasteiger partial charge in [0.1, 0.15) is 6.10 Å². The van der Waals surface area contributed by atoms with Gasteiger partial charge in [-0.1, -0.05) is 309 Å². The Morgan fingerprint density at radius 3 is 0.844 bits per heavy atom. The quantitative estimate of drug-likeness (QED) is 0.0356. The Kier molecular flexibility index (Phi) is 53.1. The summed E-state index contributed by atoms with van der Waals surface area (Å²) in [6, 6.07) is 0. The van der Waals surface area contributed by atoms with Gasteiger partial charge in [-0.15, -0.1) is 0 Å². The van der Waals surface area contributed by atoms with Crippen LogP contribution in [0.15, 0.2) is 0 Å². The lowest BCUT2D eigenvalue weighted by Crippen LogP contribution is -2.28. The topological polar surface area (TPSA) is 102 Å². The molecule has 1 atom stereocenters. The Hall–Kier alpha value is -0.460. The molecule has 0 aromatic carbocycles. The highest BCUT2D eigenvalue weighted by molar-refractivity contribution is 7.46. The molecular formula is C56H113O7P. The number of esters is 1. The fraction of sp³-hybridized carbons (Fsp3) is 0.982. The van der Waals surface area contributed by atoms with E-state index in [1.165, 1.54) is 276 Å². The van der Waals surface area contributed by atoms with Crippen molar-refractivity contribution in [2.75, 3.05) is 19.8 Å². The first-order chi connectivity index (χ1) is 31.4. The molecule has 0 heterocycles. The number of unbranched alkanes of at least 4 members (excludes halogenated alkanes) is 46. The number of rotatable bonds is 56. The molecule has 0 saturated heterocycles. The van der Waals surface area contributed by atoms with Crippen LogP contribution in [0.5, 0.6) is 0 Å². The zero-order valence-electron chi connectivity index (χ0n) is 43.2. The number of ether oxygens (including phenoxy) is 2. The van der Waals surface area contributed by atoms with Crippen molar-refractivity contribution >= 4 is 13.8 Å². The van der Waals surface area contributed by atoms with Crippen LogP contribution in [0.3, 0.4) is 0 Å². The molecule has 64 heavy (non-hydrogen) atoms. The van der Waals surface area contributed by atoms with Crippen molar-refractivity contribution in [2.24, 2.45) is 0 Å². The predicted octanol–water partition coefficient (Wildman–Crippen LogP) is 19.2. The highest BCUT2D eigenvalue weighted by Gasteiger charge is 2.21. The summed E-state index contributed by atoms with van der Waals surface area (Å²) >= 11 is 0. The van der Waals surface area contributed by atoms with Crippen molar-refractivity contribution in [3.63, 3.8) is 0 Å². The summed E-state index contributed by atoms with van der Waals surface area (Å²) in [6.07, 6.45) is 64.5. The molecular weight excluding hydrogens is 816 g/mol. The zero-order chi connectivity index (χ0) is 46.5. The average molecular weight is 929 g/mol. The van der Waals surface area contributed by atoms with E-state index in [9.17, 15) is 9.36 Å². The second-order valence-corrected chi connectivity index (χ2v) is 21.2. The average Bonchev–Trinajstić information content (AvgIpc) is 3.27. The first-order valence-electron chi connectivity index (χ1n) is 28.9. The molecule has 0 aromatic rings. The van der Waals surface area contributed by atoms with Gasteiger partial charge in [0.15, 0.2) is 0 Å². The van der Waals surface area contributed by atoms with Gasteiger partial charge in [-0.3, -0.25) is 9.32 Å². The maximum atomic E-state index is 12.5. The van der Waals surface area contributed by atoms with Crippen LogP contribution in [0.4, 0.5) is 0 Å². The molecule has 0 fully saturated rings. The van der Waals surface area contributed by atoms with E-state index >= 15 is 0 Å². The van der Waals surface area contributed by atoms with Crippen LogP contribution in [0.1, 0.15) is 328 Å². The summed E-state index contributed by atoms with van der Waals surface area (Å²) in [4.78, 5) is 30.8. The Morgan fingerprint density at radius 1 is 0.359 bits per heavy atom. The number of phosphoric acid groups is 1. The molecule has 0 radical (unpaired) electrons. The third kappa shape index (κ3) is 55.9. The molecule has 0 aliphatic carbocycles. The van der Waals surface area contributed by atoms with Gasteiger partial charge >= 0.3 is 13.8 Å². The van der Waals surface area contributed by atoms with Gasteiger partial charge in [0.2, 0.25) is 0 Å². The molecule has 0 aromatic heterocycles. The Balaban J connectivity index is 3.52. The molecule has 0 saturated carbocycles. The monoisotopic (exact) mass is 929 g/mol. The summed E-state index contributed by atoms with van der Waals surface area (Å²) in [5.74, 6) is -0.352. The van der Waals surface area contributed by atoms with Crippen molar-refractivity contribution in [3.05, 3.63) is 0 Å². The first kappa shape index (κ1) is 63.5. The van der Waals surface area contributed by atoms with E-state index in [0.717, 1.165) is 32.1 Å². The summed E-state index contributed by atoms with van der Waals surface area (Å²) in [7, 11) is -4.65. The summed E-state index contributed by atoms with van der Waals surface area (Å²) in [6.45, 7) is 4.83. The maximum Gasteiger partial charge on any atom is 0.469 e. The van der Waals surface area contributed by atoms with Gasteiger partial charge in [-0.25, -0.2) is 4.57 Å². The minimum Gasteiger partial charge on any atom is -0.457 e. The van der Waals surface area contributed by atoms with E-state index in [1.54, 1.807) is 0 Å². The summed E-state index contributed by atoms with van der Waals surface area (Å²) in [5.41, 5.74) is 0. The van der Waals surface area contributed by atoms with Gasteiger partial charge in [0, 0.05) is 13.0 Å². The van der Waals surface area contributed by atoms with Gasteiger partial charge in [0.25, 0.3) is 0 Å². The zero-order valence-corrected chi connectivity index (χ0v) is 44.1. The number of phosphoric ester groups is 1. The van der Waals surface area contributed by atoms with E-state index in [4.69, 9.17) is 19.3 Å². The standard InChI is InChI=1S/C56H113O7P/c1-3-5-7-9-11-13-15-17-19-20-21-22-23-24-25-26-27-28-29-30-31-32-33-34-35-36-37-38-39-41-43-45-47-49-51-56(57)63-55(54-62-64(58,59)60)53-61-52-50-48-46-44-42-40-18-16-14-12-10-8-6-4-2/h55H,3-54H2,1-2H3,(H2,58,59,60)/t55-/m1/s1. The van der Waals surface area contributed by atoms with Crippen molar-refractivity contribution < 1.29 is 33.1 Å². The molecule has 0 amide bonds. The molecule has 0 spiro atoms. The van der Waals surface area contributed by atoms with E-state index in [0.29, 0.717) is 13.0 Å². The highest BCUT2D eigenvalue weighted by atomic mass is 31.2. The second-order valence-electron chi connectivity index (χ2n) is 20.0. The SMILES string of the molecule is CCCCCCCCCCCCCCCCCCCCCCCCCCCCCCCCCCCCC(=O)O[C@H](COCCCCCCCCCCCCCCCC)COP(=O)(O)O. The third-order valence-electron chi connectivity index (χ3n) is 13.4. The lowest BCUT2D eigenvalue weighted by Gasteiger charge is -2.18. The molecule has 0 aliphatic rings. The summed E-state index contributed by atoms with van der Waals surface area (Å²) in [5, 5.41) is 0. The number of carbonyl (C=O) groups excluding carboxylic acids is 1. The molecule has 7 nitrogen and oxygen atoms in total. The van der Waals surface area contributed by atoms with Crippen molar-refractivity contribution in [2.45, 2.75) is 335 Å². The van der Waals surface area contributed by atoms with Gasteiger partial charge in [-0.2, -0.15) is 0 Å². The van der Waals surface area contributed by atoms with E-state index in [-0.39, 0.29) is 19.2 Å². The Morgan fingerprint density at radius 2 is 0.594 bits per heavy atom. The molecule has 2 N–H and O–H groups in total. The molecule has 8 heteroatoms. The van der Waals surface area contributed by atoms with E-state index in [2.05, 4.69) is 18.4 Å². The van der Waals surface area contributed by atoms with Crippen LogP contribution in [0.25, 0.3) is 0 Å². The number of carbonyl (C=O) groups is 1. The first-order valence-corrected chi connectivity index (χ1v) is 30.4. The maximum absolute atomic E-state index is 12.5. The van der Waals surface area contributed by atoms with Gasteiger partial charge < -0.3 is 19.3 Å². The van der Waals surface area contributed by atoms with Crippen LogP contribution in [-0.4, -0.2) is 41.7 Å². The fourth-order valence-corrected chi connectivity index (χ4v) is 9.51. The van der Waals surface area contributed by atoms with Crippen LogP contribution in [0, 0.1) is 0 Å². The third-order valence-corrected chi connectivity index (χ3v) is 13.9. The van der Waals surface area contributed by atoms with Gasteiger partial charge in [0.05, 0.1) is 13.2 Å². The fourth-order valence-electron chi connectivity index (χ4n) is 9.15. The largest absolute Gasteiger partial charge is 0.469 e. The van der Waals surface area contributed by atoms with Crippen LogP contribution in [0.2, 0.25) is 0 Å². The molecule has 0 rings (SSSR count). The van der Waals surface area contributed by atoms with Crippen molar-refractivity contribution in [3.8, 4) is 0 Å². The Bertz CT molecular complexity index is 942. The van der Waals surface area contributed by atoms with E-state index < -0.39 is 13.9 Å². The molecule has 0 unspecified atom stereocenters. The van der Waals surface area contributed by atoms with Gasteiger partial charge in [-0.05, 0) is 12.8 Å². The second kappa shape index (κ2) is 53.5. The molecule has 0 aliphatic heterocycles. The van der Waals surface area contributed by atoms with Crippen LogP contribution in [-0.2, 0) is 23.4 Å². The van der Waals surface area contributed by atoms with Crippen molar-refractivity contribution in [1.29, 1.82) is 0 Å². The number of hydrogen-bond donors (Lipinski definition) is 2. The van der Waals surface area contributed by atoms with E-state index in [1.807, 2.05) is 0 Å². The normalized spacial score (nSPS) is 12.4.